The maximum absolute atomic E-state index is 5.94. The quantitative estimate of drug-likeness (QED) is 0.887. The van der Waals surface area contributed by atoms with Crippen LogP contribution >= 0.6 is 11.6 Å². The molecule has 20 heavy (non-hydrogen) atoms. The van der Waals surface area contributed by atoms with Gasteiger partial charge < -0.3 is 5.32 Å². The first-order valence-electron chi connectivity index (χ1n) is 6.97. The van der Waals surface area contributed by atoms with E-state index in [9.17, 15) is 0 Å². The molecule has 1 N–H and O–H groups in total. The van der Waals surface area contributed by atoms with E-state index in [-0.39, 0.29) is 0 Å². The molecule has 2 aromatic rings. The highest BCUT2D eigenvalue weighted by molar-refractivity contribution is 6.30. The predicted octanol–water partition coefficient (Wildman–Crippen LogP) is 3.40. The van der Waals surface area contributed by atoms with Crippen LogP contribution in [0.4, 0.5) is 5.82 Å². The summed E-state index contributed by atoms with van der Waals surface area (Å²) in [6.45, 7) is 7.14. The normalized spacial score (nSPS) is 10.8. The van der Waals surface area contributed by atoms with Crippen molar-refractivity contribution in [2.75, 3.05) is 11.9 Å². The summed E-state index contributed by atoms with van der Waals surface area (Å²) in [5.74, 6) is 2.50. The molecule has 0 unspecified atom stereocenters. The first kappa shape index (κ1) is 14.8. The number of hydrogen-bond donors (Lipinski definition) is 1. The first-order valence-corrected chi connectivity index (χ1v) is 7.35. The van der Waals surface area contributed by atoms with Crippen LogP contribution < -0.4 is 5.32 Å². The lowest BCUT2D eigenvalue weighted by molar-refractivity contribution is 0.776. The molecule has 2 heterocycles. The molecule has 0 amide bonds. The maximum Gasteiger partial charge on any atom is 0.162 e. The zero-order valence-corrected chi connectivity index (χ0v) is 12.9. The molecule has 0 radical (unpaired) electrons. The van der Waals surface area contributed by atoms with E-state index in [1.165, 1.54) is 0 Å². The maximum atomic E-state index is 5.94. The summed E-state index contributed by atoms with van der Waals surface area (Å²) in [6, 6.07) is 0. The van der Waals surface area contributed by atoms with Gasteiger partial charge in [-0.1, -0.05) is 25.4 Å². The zero-order chi connectivity index (χ0) is 14.5. The lowest BCUT2D eigenvalue weighted by atomic mass is 10.2. The molecule has 0 aliphatic rings. The summed E-state index contributed by atoms with van der Waals surface area (Å²) >= 11 is 5.94. The fourth-order valence-electron chi connectivity index (χ4n) is 1.94. The minimum Gasteiger partial charge on any atom is -0.370 e. The van der Waals surface area contributed by atoms with Gasteiger partial charge >= 0.3 is 0 Å². The lowest BCUT2D eigenvalue weighted by Gasteiger charge is -2.13. The Kier molecular flexibility index (Phi) is 4.95. The van der Waals surface area contributed by atoms with E-state index in [1.807, 2.05) is 6.92 Å². The van der Waals surface area contributed by atoms with Gasteiger partial charge in [0.15, 0.2) is 5.82 Å². The van der Waals surface area contributed by atoms with Gasteiger partial charge in [-0.3, -0.25) is 0 Å². The third-order valence-corrected chi connectivity index (χ3v) is 3.15. The van der Waals surface area contributed by atoms with Gasteiger partial charge in [0.1, 0.15) is 11.6 Å². The summed E-state index contributed by atoms with van der Waals surface area (Å²) in [6.07, 6.45) is 6.28. The molecule has 108 valence electrons. The number of aryl methyl sites for hydroxylation is 1. The van der Waals surface area contributed by atoms with E-state index in [0.29, 0.717) is 5.02 Å². The number of rotatable bonds is 6. The molecule has 0 bridgehead atoms. The molecule has 0 saturated carbocycles. The van der Waals surface area contributed by atoms with Crippen LogP contribution in [-0.2, 0) is 6.42 Å². The van der Waals surface area contributed by atoms with E-state index in [0.717, 1.165) is 48.8 Å². The number of nitrogens with one attached hydrogen (secondary N) is 1. The van der Waals surface area contributed by atoms with Gasteiger partial charge in [-0.25, -0.2) is 14.6 Å². The van der Waals surface area contributed by atoms with Crippen LogP contribution in [0.15, 0.2) is 12.4 Å². The third kappa shape index (κ3) is 3.28. The van der Waals surface area contributed by atoms with Crippen molar-refractivity contribution in [3.8, 4) is 5.82 Å². The number of halogens is 1. The molecule has 0 spiro atoms. The molecular weight excluding hydrogens is 274 g/mol. The monoisotopic (exact) mass is 293 g/mol. The second-order valence-corrected chi connectivity index (χ2v) is 5.15. The van der Waals surface area contributed by atoms with Crippen molar-refractivity contribution in [1.82, 2.24) is 19.7 Å². The second kappa shape index (κ2) is 6.70. The fourth-order valence-corrected chi connectivity index (χ4v) is 2.08. The van der Waals surface area contributed by atoms with Crippen molar-refractivity contribution in [3.05, 3.63) is 28.8 Å². The largest absolute Gasteiger partial charge is 0.370 e. The Bertz CT molecular complexity index is 579. The molecule has 0 saturated heterocycles. The molecular formula is C14H20ClN5. The standard InChI is InChI=1S/C14H20ClN5/c1-4-6-12-18-13(16-7-5-2)10(3)14(19-12)20-9-11(15)8-17-20/h8-9H,4-7H2,1-3H3,(H,16,18,19). The van der Waals surface area contributed by atoms with Gasteiger partial charge in [0.2, 0.25) is 0 Å². The van der Waals surface area contributed by atoms with Crippen molar-refractivity contribution < 1.29 is 0 Å². The summed E-state index contributed by atoms with van der Waals surface area (Å²) in [5.41, 5.74) is 0.984. The Balaban J connectivity index is 2.45. The fraction of sp³-hybridized carbons (Fsp3) is 0.500. The molecule has 0 aliphatic heterocycles. The van der Waals surface area contributed by atoms with Crippen LogP contribution in [0.25, 0.3) is 5.82 Å². The Labute approximate surface area is 124 Å². The van der Waals surface area contributed by atoms with Crippen LogP contribution in [0.5, 0.6) is 0 Å². The molecule has 6 heteroatoms. The van der Waals surface area contributed by atoms with Crippen LogP contribution in [0.2, 0.25) is 5.02 Å². The number of anilines is 1. The summed E-state index contributed by atoms with van der Waals surface area (Å²) in [5, 5.41) is 8.19. The SMILES string of the molecule is CCCNc1nc(CCC)nc(-n2cc(Cl)cn2)c1C. The van der Waals surface area contributed by atoms with Gasteiger partial charge in [0.05, 0.1) is 17.4 Å². The highest BCUT2D eigenvalue weighted by atomic mass is 35.5. The van der Waals surface area contributed by atoms with Crippen LogP contribution in [0.3, 0.4) is 0 Å². The van der Waals surface area contributed by atoms with E-state index < -0.39 is 0 Å². The van der Waals surface area contributed by atoms with Crippen molar-refractivity contribution in [2.45, 2.75) is 40.0 Å². The Hall–Kier alpha value is -1.62. The Morgan fingerprint density at radius 3 is 2.65 bits per heavy atom. The third-order valence-electron chi connectivity index (χ3n) is 2.95. The van der Waals surface area contributed by atoms with E-state index in [1.54, 1.807) is 17.1 Å². The van der Waals surface area contributed by atoms with Gasteiger partial charge in [0.25, 0.3) is 0 Å². The van der Waals surface area contributed by atoms with Gasteiger partial charge in [-0.15, -0.1) is 0 Å². The average molecular weight is 294 g/mol. The molecule has 0 fully saturated rings. The van der Waals surface area contributed by atoms with Gasteiger partial charge in [0, 0.05) is 18.5 Å². The van der Waals surface area contributed by atoms with Crippen molar-refractivity contribution in [3.63, 3.8) is 0 Å². The van der Waals surface area contributed by atoms with E-state index in [2.05, 4.69) is 34.2 Å². The minimum absolute atomic E-state index is 0.600. The lowest BCUT2D eigenvalue weighted by Crippen LogP contribution is -2.12. The van der Waals surface area contributed by atoms with Crippen LogP contribution in [0, 0.1) is 6.92 Å². The van der Waals surface area contributed by atoms with Gasteiger partial charge in [-0.2, -0.15) is 5.10 Å². The van der Waals surface area contributed by atoms with Crippen molar-refractivity contribution in [2.24, 2.45) is 0 Å². The Morgan fingerprint density at radius 1 is 1.25 bits per heavy atom. The van der Waals surface area contributed by atoms with Crippen LogP contribution in [0.1, 0.15) is 38.1 Å². The smallest absolute Gasteiger partial charge is 0.162 e. The van der Waals surface area contributed by atoms with E-state index >= 15 is 0 Å². The number of hydrogen-bond acceptors (Lipinski definition) is 4. The molecule has 0 aliphatic carbocycles. The van der Waals surface area contributed by atoms with Gasteiger partial charge in [-0.05, 0) is 19.8 Å². The molecule has 2 aromatic heterocycles. The Morgan fingerprint density at radius 2 is 2.05 bits per heavy atom. The highest BCUT2D eigenvalue weighted by Gasteiger charge is 2.13. The summed E-state index contributed by atoms with van der Waals surface area (Å²) < 4.78 is 1.70. The topological polar surface area (TPSA) is 55.6 Å². The van der Waals surface area contributed by atoms with Crippen molar-refractivity contribution in [1.29, 1.82) is 0 Å². The second-order valence-electron chi connectivity index (χ2n) is 4.72. The average Bonchev–Trinajstić information content (AvgIpc) is 2.85. The first-order chi connectivity index (χ1) is 9.65. The summed E-state index contributed by atoms with van der Waals surface area (Å²) in [4.78, 5) is 9.20. The summed E-state index contributed by atoms with van der Waals surface area (Å²) in [7, 11) is 0. The zero-order valence-electron chi connectivity index (χ0n) is 12.1. The van der Waals surface area contributed by atoms with E-state index in [4.69, 9.17) is 11.6 Å². The van der Waals surface area contributed by atoms with Crippen LogP contribution in [-0.4, -0.2) is 26.3 Å². The molecule has 5 nitrogen and oxygen atoms in total. The number of aromatic nitrogens is 4. The highest BCUT2D eigenvalue weighted by Crippen LogP contribution is 2.20. The molecule has 0 aromatic carbocycles. The molecule has 0 atom stereocenters. The minimum atomic E-state index is 0.600. The predicted molar refractivity (Wildman–Crippen MR) is 81.7 cm³/mol. The van der Waals surface area contributed by atoms with Crippen molar-refractivity contribution >= 4 is 17.4 Å². The molecule has 2 rings (SSSR count). The number of nitrogens with zero attached hydrogens (tertiary/aromatic N) is 4.